The summed E-state index contributed by atoms with van der Waals surface area (Å²) < 4.78 is 34.2. The van der Waals surface area contributed by atoms with E-state index in [1.54, 1.807) is 54.6 Å². The zero-order chi connectivity index (χ0) is 23.9. The van der Waals surface area contributed by atoms with E-state index in [1.165, 1.54) is 19.2 Å². The van der Waals surface area contributed by atoms with Crippen molar-refractivity contribution in [2.75, 3.05) is 7.11 Å². The Morgan fingerprint density at radius 2 is 1.59 bits per heavy atom. The molecule has 2 N–H and O–H groups in total. The number of fused-ring (bicyclic) bond motifs is 2. The number of carbonyl (C=O) groups excluding carboxylic acids is 1. The molecule has 0 fully saturated rings. The molecular formula is C27H21NO5S. The number of allylic oxidation sites excluding steroid dienone is 1. The molecule has 1 unspecified atom stereocenters. The Balaban J connectivity index is 1.65. The normalized spacial score (nSPS) is 15.6. The number of sulfonamides is 1. The molecule has 6 nitrogen and oxygen atoms in total. The molecule has 0 radical (unpaired) electrons. The minimum absolute atomic E-state index is 0.0468. The summed E-state index contributed by atoms with van der Waals surface area (Å²) in [6.45, 7) is 0. The fraction of sp³-hybridized carbons (Fsp3) is 0.0741. The van der Waals surface area contributed by atoms with Gasteiger partial charge in [0.15, 0.2) is 5.78 Å². The number of ether oxygens (including phenoxy) is 1. The molecule has 0 aliphatic heterocycles. The van der Waals surface area contributed by atoms with Crippen molar-refractivity contribution in [1.29, 1.82) is 0 Å². The second kappa shape index (κ2) is 8.44. The van der Waals surface area contributed by atoms with Crippen LogP contribution < -0.4 is 9.46 Å². The summed E-state index contributed by atoms with van der Waals surface area (Å²) in [7, 11) is -2.42. The number of hydrogen-bond donors (Lipinski definition) is 2. The van der Waals surface area contributed by atoms with Crippen LogP contribution in [0, 0.1) is 0 Å². The van der Waals surface area contributed by atoms with E-state index in [0.717, 1.165) is 5.39 Å². The van der Waals surface area contributed by atoms with E-state index in [2.05, 4.69) is 4.72 Å². The van der Waals surface area contributed by atoms with Crippen LogP contribution >= 0.6 is 0 Å². The minimum atomic E-state index is -3.93. The number of Topliss-reactive ketones (excluding diaryl/α,β-unsaturated/α-hetero) is 1. The fourth-order valence-corrected chi connectivity index (χ4v) is 5.44. The van der Waals surface area contributed by atoms with Gasteiger partial charge in [-0.2, -0.15) is 4.72 Å². The van der Waals surface area contributed by atoms with Gasteiger partial charge >= 0.3 is 0 Å². The first-order valence-corrected chi connectivity index (χ1v) is 12.1. The Morgan fingerprint density at radius 1 is 0.882 bits per heavy atom. The molecule has 4 aromatic rings. The number of phenols is 1. The quantitative estimate of drug-likeness (QED) is 0.434. The third-order valence-electron chi connectivity index (χ3n) is 5.95. The number of rotatable bonds is 5. The average molecular weight is 472 g/mol. The summed E-state index contributed by atoms with van der Waals surface area (Å²) >= 11 is 0. The van der Waals surface area contributed by atoms with Crippen molar-refractivity contribution in [3.05, 3.63) is 108 Å². The molecule has 0 bridgehead atoms. The van der Waals surface area contributed by atoms with Crippen LogP contribution in [0.25, 0.3) is 16.3 Å². The second-order valence-electron chi connectivity index (χ2n) is 7.95. The highest BCUT2D eigenvalue weighted by Gasteiger charge is 2.32. The molecular weight excluding hydrogens is 450 g/mol. The molecule has 1 aliphatic carbocycles. The SMILES string of the molecule is COc1ccc(S(=O)(=O)NC2C=C(c3c(O)ccc4ccccc34)C(=O)c3ccccc32)cc1. The van der Waals surface area contributed by atoms with Crippen molar-refractivity contribution in [2.24, 2.45) is 0 Å². The third-order valence-corrected chi connectivity index (χ3v) is 7.40. The van der Waals surface area contributed by atoms with E-state index < -0.39 is 16.1 Å². The average Bonchev–Trinajstić information content (AvgIpc) is 2.86. The molecule has 0 saturated heterocycles. The lowest BCUT2D eigenvalue weighted by Gasteiger charge is -2.25. The maximum Gasteiger partial charge on any atom is 0.241 e. The van der Waals surface area contributed by atoms with Gasteiger partial charge in [-0.15, -0.1) is 0 Å². The molecule has 0 saturated carbocycles. The lowest BCUT2D eigenvalue weighted by molar-refractivity contribution is 0.105. The van der Waals surface area contributed by atoms with Crippen molar-refractivity contribution < 1.29 is 23.1 Å². The van der Waals surface area contributed by atoms with Crippen LogP contribution in [0.15, 0.2) is 95.9 Å². The van der Waals surface area contributed by atoms with Gasteiger partial charge in [0.1, 0.15) is 11.5 Å². The molecule has 0 spiro atoms. The zero-order valence-corrected chi connectivity index (χ0v) is 19.0. The number of nitrogens with one attached hydrogen (secondary N) is 1. The summed E-state index contributed by atoms with van der Waals surface area (Å²) in [5.41, 5.74) is 1.56. The Hall–Kier alpha value is -3.94. The second-order valence-corrected chi connectivity index (χ2v) is 9.67. The highest BCUT2D eigenvalue weighted by molar-refractivity contribution is 7.89. The van der Waals surface area contributed by atoms with Crippen molar-refractivity contribution in [1.82, 2.24) is 4.72 Å². The first-order valence-electron chi connectivity index (χ1n) is 10.6. The predicted octanol–water partition coefficient (Wildman–Crippen LogP) is 4.85. The van der Waals surface area contributed by atoms with Crippen LogP contribution in [0.4, 0.5) is 0 Å². The number of hydrogen-bond acceptors (Lipinski definition) is 5. The Labute approximate surface area is 197 Å². The minimum Gasteiger partial charge on any atom is -0.507 e. The van der Waals surface area contributed by atoms with E-state index in [4.69, 9.17) is 4.74 Å². The van der Waals surface area contributed by atoms with Gasteiger partial charge in [0, 0.05) is 16.7 Å². The van der Waals surface area contributed by atoms with Crippen molar-refractivity contribution in [3.8, 4) is 11.5 Å². The Morgan fingerprint density at radius 3 is 2.35 bits per heavy atom. The van der Waals surface area contributed by atoms with Crippen LogP contribution in [0.1, 0.15) is 27.5 Å². The number of carbonyl (C=O) groups is 1. The van der Waals surface area contributed by atoms with Gasteiger partial charge in [-0.1, -0.05) is 60.7 Å². The van der Waals surface area contributed by atoms with Crippen molar-refractivity contribution in [3.63, 3.8) is 0 Å². The number of aromatic hydroxyl groups is 1. The van der Waals surface area contributed by atoms with Crippen LogP contribution in [-0.4, -0.2) is 26.4 Å². The number of phenolic OH excluding ortho intramolecular Hbond substituents is 1. The molecule has 170 valence electrons. The Bertz CT molecular complexity index is 1560. The zero-order valence-electron chi connectivity index (χ0n) is 18.2. The van der Waals surface area contributed by atoms with Crippen LogP contribution in [-0.2, 0) is 10.0 Å². The van der Waals surface area contributed by atoms with Gasteiger partial charge in [0.25, 0.3) is 0 Å². The van der Waals surface area contributed by atoms with E-state index in [1.807, 2.05) is 24.3 Å². The highest BCUT2D eigenvalue weighted by Crippen LogP contribution is 2.40. The fourth-order valence-electron chi connectivity index (χ4n) is 4.28. The molecule has 0 aromatic heterocycles. The summed E-state index contributed by atoms with van der Waals surface area (Å²) in [5.74, 6) is 0.220. The number of benzene rings is 4. The lowest BCUT2D eigenvalue weighted by Crippen LogP contribution is -2.31. The molecule has 1 atom stereocenters. The lowest BCUT2D eigenvalue weighted by atomic mass is 9.83. The predicted molar refractivity (Wildman–Crippen MR) is 130 cm³/mol. The molecule has 0 amide bonds. The summed E-state index contributed by atoms with van der Waals surface area (Å²) in [6.07, 6.45) is 1.58. The molecule has 5 rings (SSSR count). The number of methoxy groups -OCH3 is 1. The van der Waals surface area contributed by atoms with Gasteiger partial charge in [0.2, 0.25) is 10.0 Å². The van der Waals surface area contributed by atoms with E-state index in [9.17, 15) is 18.3 Å². The van der Waals surface area contributed by atoms with Crippen molar-refractivity contribution >= 4 is 32.2 Å². The van der Waals surface area contributed by atoms with Crippen LogP contribution in [0.3, 0.4) is 0 Å². The third kappa shape index (κ3) is 3.75. The summed E-state index contributed by atoms with van der Waals surface area (Å²) in [5, 5.41) is 12.3. The summed E-state index contributed by atoms with van der Waals surface area (Å²) in [4.78, 5) is 13.6. The van der Waals surface area contributed by atoms with Gasteiger partial charge in [-0.05, 0) is 46.7 Å². The van der Waals surface area contributed by atoms with E-state index in [0.29, 0.717) is 27.8 Å². The first-order chi connectivity index (χ1) is 16.4. The highest BCUT2D eigenvalue weighted by atomic mass is 32.2. The summed E-state index contributed by atoms with van der Waals surface area (Å²) in [6, 6.07) is 22.9. The van der Waals surface area contributed by atoms with Crippen LogP contribution in [0.5, 0.6) is 11.5 Å². The molecule has 1 aliphatic rings. The molecule has 34 heavy (non-hydrogen) atoms. The largest absolute Gasteiger partial charge is 0.507 e. The van der Waals surface area contributed by atoms with Crippen molar-refractivity contribution in [2.45, 2.75) is 10.9 Å². The molecule has 4 aromatic carbocycles. The standard InChI is InChI=1S/C27H21NO5S/c1-33-18-11-13-19(14-12-18)34(31,32)28-24-16-23(27(30)22-9-5-4-8-21(22)24)26-20-7-3-2-6-17(20)10-15-25(26)29/h2-16,24,28-29H,1H3. The van der Waals surface area contributed by atoms with Gasteiger partial charge in [-0.3, -0.25) is 4.79 Å². The smallest absolute Gasteiger partial charge is 0.241 e. The van der Waals surface area contributed by atoms with E-state index in [-0.39, 0.29) is 22.0 Å². The van der Waals surface area contributed by atoms with Crippen LogP contribution in [0.2, 0.25) is 0 Å². The Kier molecular flexibility index (Phi) is 5.43. The van der Waals surface area contributed by atoms with E-state index >= 15 is 0 Å². The molecule has 0 heterocycles. The van der Waals surface area contributed by atoms with Gasteiger partial charge in [-0.25, -0.2) is 8.42 Å². The monoisotopic (exact) mass is 471 g/mol. The number of ketones is 1. The maximum absolute atomic E-state index is 13.5. The first kappa shape index (κ1) is 21.9. The van der Waals surface area contributed by atoms with Gasteiger partial charge < -0.3 is 9.84 Å². The topological polar surface area (TPSA) is 92.7 Å². The maximum atomic E-state index is 13.5. The van der Waals surface area contributed by atoms with Gasteiger partial charge in [0.05, 0.1) is 18.0 Å². The molecule has 7 heteroatoms.